The largest absolute Gasteiger partial charge is 0.481 e. The van der Waals surface area contributed by atoms with Crippen LogP contribution in [0.5, 0.6) is 0 Å². The van der Waals surface area contributed by atoms with Gasteiger partial charge in [-0.05, 0) is 20.8 Å². The number of hydrogen-bond donors (Lipinski definition) is 3. The monoisotopic (exact) mass is 188 g/mol. The molecule has 76 valence electrons. The minimum absolute atomic E-state index is 0.215. The standard InChI is InChI=1S/C8H16N2O3/c1-5(6(9)11)10-4-8(2,3)7(12)13/h5,10H,4H2,1-3H3,(H2,9,11)(H,12,13). The van der Waals surface area contributed by atoms with E-state index < -0.39 is 23.3 Å². The van der Waals surface area contributed by atoms with Crippen LogP contribution in [0.4, 0.5) is 0 Å². The van der Waals surface area contributed by atoms with Crippen molar-refractivity contribution in [2.45, 2.75) is 26.8 Å². The van der Waals surface area contributed by atoms with E-state index >= 15 is 0 Å². The number of rotatable bonds is 5. The Balaban J connectivity index is 4.02. The first-order valence-electron chi connectivity index (χ1n) is 4.03. The topological polar surface area (TPSA) is 92.4 Å². The summed E-state index contributed by atoms with van der Waals surface area (Å²) in [6, 6.07) is -0.501. The molecule has 0 aliphatic carbocycles. The fraction of sp³-hybridized carbons (Fsp3) is 0.750. The van der Waals surface area contributed by atoms with Crippen molar-refractivity contribution < 1.29 is 14.7 Å². The molecule has 0 rings (SSSR count). The SMILES string of the molecule is CC(NCC(C)(C)C(=O)O)C(N)=O. The van der Waals surface area contributed by atoms with Gasteiger partial charge in [0, 0.05) is 6.54 Å². The Labute approximate surface area is 77.3 Å². The van der Waals surface area contributed by atoms with Crippen molar-refractivity contribution in [3.05, 3.63) is 0 Å². The number of carboxylic acid groups (broad SMARTS) is 1. The molecule has 0 aliphatic rings. The lowest BCUT2D eigenvalue weighted by atomic mass is 9.93. The predicted molar refractivity (Wildman–Crippen MR) is 48.1 cm³/mol. The van der Waals surface area contributed by atoms with Crippen molar-refractivity contribution in [3.8, 4) is 0 Å². The van der Waals surface area contributed by atoms with E-state index in [0.29, 0.717) is 0 Å². The molecule has 1 amide bonds. The molecule has 0 heterocycles. The first-order valence-corrected chi connectivity index (χ1v) is 4.03. The Morgan fingerprint density at radius 1 is 1.54 bits per heavy atom. The number of primary amides is 1. The smallest absolute Gasteiger partial charge is 0.310 e. The summed E-state index contributed by atoms with van der Waals surface area (Å²) in [6.45, 7) is 4.97. The molecule has 0 aliphatic heterocycles. The van der Waals surface area contributed by atoms with E-state index in [2.05, 4.69) is 5.32 Å². The number of carboxylic acids is 1. The molecule has 0 saturated carbocycles. The van der Waals surface area contributed by atoms with Crippen LogP contribution >= 0.6 is 0 Å². The van der Waals surface area contributed by atoms with Crippen molar-refractivity contribution in [2.75, 3.05) is 6.54 Å². The Morgan fingerprint density at radius 2 is 2.00 bits per heavy atom. The molecular formula is C8H16N2O3. The number of nitrogens with one attached hydrogen (secondary N) is 1. The van der Waals surface area contributed by atoms with Crippen LogP contribution in [-0.4, -0.2) is 29.6 Å². The van der Waals surface area contributed by atoms with Crippen LogP contribution in [0.3, 0.4) is 0 Å². The van der Waals surface area contributed by atoms with Gasteiger partial charge in [-0.15, -0.1) is 0 Å². The Morgan fingerprint density at radius 3 is 2.31 bits per heavy atom. The van der Waals surface area contributed by atoms with Crippen LogP contribution in [0.1, 0.15) is 20.8 Å². The molecule has 4 N–H and O–H groups in total. The molecule has 0 aromatic rings. The number of aliphatic carboxylic acids is 1. The second kappa shape index (κ2) is 4.23. The van der Waals surface area contributed by atoms with E-state index in [1.165, 1.54) is 0 Å². The lowest BCUT2D eigenvalue weighted by Crippen LogP contribution is -2.45. The van der Waals surface area contributed by atoms with E-state index in [-0.39, 0.29) is 6.54 Å². The summed E-state index contributed by atoms with van der Waals surface area (Å²) in [5.41, 5.74) is 4.11. The van der Waals surface area contributed by atoms with Crippen LogP contribution in [0.15, 0.2) is 0 Å². The van der Waals surface area contributed by atoms with Gasteiger partial charge < -0.3 is 16.2 Å². The first kappa shape index (κ1) is 11.9. The maximum absolute atomic E-state index is 10.6. The molecule has 0 aromatic carbocycles. The Bertz CT molecular complexity index is 213. The van der Waals surface area contributed by atoms with E-state index in [4.69, 9.17) is 10.8 Å². The molecule has 1 unspecified atom stereocenters. The van der Waals surface area contributed by atoms with Gasteiger partial charge in [0.15, 0.2) is 0 Å². The molecule has 0 saturated heterocycles. The summed E-state index contributed by atoms with van der Waals surface area (Å²) >= 11 is 0. The lowest BCUT2D eigenvalue weighted by molar-refractivity contribution is -0.146. The Hall–Kier alpha value is -1.10. The number of amides is 1. The van der Waals surface area contributed by atoms with Crippen molar-refractivity contribution in [1.29, 1.82) is 0 Å². The number of hydrogen-bond acceptors (Lipinski definition) is 3. The third-order valence-corrected chi connectivity index (χ3v) is 1.86. The van der Waals surface area contributed by atoms with Gasteiger partial charge in [0.05, 0.1) is 11.5 Å². The van der Waals surface area contributed by atoms with Crippen LogP contribution in [0, 0.1) is 5.41 Å². The maximum Gasteiger partial charge on any atom is 0.310 e. The van der Waals surface area contributed by atoms with Crippen LogP contribution in [0.25, 0.3) is 0 Å². The highest BCUT2D eigenvalue weighted by molar-refractivity contribution is 5.79. The quantitative estimate of drug-likeness (QED) is 0.545. The van der Waals surface area contributed by atoms with Gasteiger partial charge in [0.2, 0.25) is 5.91 Å². The highest BCUT2D eigenvalue weighted by atomic mass is 16.4. The predicted octanol–water partition coefficient (Wildman–Crippen LogP) is -0.439. The minimum Gasteiger partial charge on any atom is -0.481 e. The highest BCUT2D eigenvalue weighted by Gasteiger charge is 2.27. The van der Waals surface area contributed by atoms with E-state index in [1.54, 1.807) is 20.8 Å². The number of nitrogens with two attached hydrogens (primary N) is 1. The minimum atomic E-state index is -0.906. The molecule has 0 fully saturated rings. The van der Waals surface area contributed by atoms with Gasteiger partial charge in [-0.1, -0.05) is 0 Å². The van der Waals surface area contributed by atoms with Crippen molar-refractivity contribution in [3.63, 3.8) is 0 Å². The highest BCUT2D eigenvalue weighted by Crippen LogP contribution is 2.13. The summed E-state index contributed by atoms with van der Waals surface area (Å²) < 4.78 is 0. The summed E-state index contributed by atoms with van der Waals surface area (Å²) in [6.07, 6.45) is 0. The van der Waals surface area contributed by atoms with Crippen LogP contribution in [-0.2, 0) is 9.59 Å². The second-order valence-corrected chi connectivity index (χ2v) is 3.69. The summed E-state index contributed by atoms with van der Waals surface area (Å²) in [4.78, 5) is 21.2. The molecule has 5 nitrogen and oxygen atoms in total. The average Bonchev–Trinajstić information content (AvgIpc) is 1.99. The third kappa shape index (κ3) is 3.89. The van der Waals surface area contributed by atoms with Crippen LogP contribution in [0.2, 0.25) is 0 Å². The van der Waals surface area contributed by atoms with Crippen LogP contribution < -0.4 is 11.1 Å². The van der Waals surface area contributed by atoms with Gasteiger partial charge in [-0.2, -0.15) is 0 Å². The zero-order chi connectivity index (χ0) is 10.6. The van der Waals surface area contributed by atoms with Gasteiger partial charge >= 0.3 is 5.97 Å². The summed E-state index contributed by atoms with van der Waals surface area (Å²) in [5, 5.41) is 11.5. The zero-order valence-electron chi connectivity index (χ0n) is 8.13. The van der Waals surface area contributed by atoms with E-state index in [9.17, 15) is 9.59 Å². The van der Waals surface area contributed by atoms with Crippen molar-refractivity contribution >= 4 is 11.9 Å². The summed E-state index contributed by atoms with van der Waals surface area (Å²) in [7, 11) is 0. The molecular weight excluding hydrogens is 172 g/mol. The van der Waals surface area contributed by atoms with Gasteiger partial charge in [-0.3, -0.25) is 9.59 Å². The fourth-order valence-electron chi connectivity index (χ4n) is 0.584. The average molecular weight is 188 g/mol. The summed E-state index contributed by atoms with van der Waals surface area (Å²) in [5.74, 6) is -1.39. The molecule has 0 aromatic heterocycles. The lowest BCUT2D eigenvalue weighted by Gasteiger charge is -2.21. The van der Waals surface area contributed by atoms with Gasteiger partial charge in [0.1, 0.15) is 0 Å². The fourth-order valence-corrected chi connectivity index (χ4v) is 0.584. The van der Waals surface area contributed by atoms with Gasteiger partial charge in [-0.25, -0.2) is 0 Å². The molecule has 0 bridgehead atoms. The normalized spacial score (nSPS) is 13.8. The first-order chi connectivity index (χ1) is 5.77. The third-order valence-electron chi connectivity index (χ3n) is 1.86. The molecule has 5 heteroatoms. The van der Waals surface area contributed by atoms with E-state index in [1.807, 2.05) is 0 Å². The van der Waals surface area contributed by atoms with Crippen molar-refractivity contribution in [2.24, 2.45) is 11.1 Å². The second-order valence-electron chi connectivity index (χ2n) is 3.69. The Kier molecular flexibility index (Phi) is 3.87. The molecule has 0 spiro atoms. The number of carbonyl (C=O) groups is 2. The zero-order valence-corrected chi connectivity index (χ0v) is 8.13. The molecule has 0 radical (unpaired) electrons. The number of carbonyl (C=O) groups excluding carboxylic acids is 1. The van der Waals surface area contributed by atoms with Gasteiger partial charge in [0.25, 0.3) is 0 Å². The van der Waals surface area contributed by atoms with E-state index in [0.717, 1.165) is 0 Å². The van der Waals surface area contributed by atoms with Crippen molar-refractivity contribution in [1.82, 2.24) is 5.32 Å². The molecule has 1 atom stereocenters. The molecule has 13 heavy (non-hydrogen) atoms. The maximum atomic E-state index is 10.6.